The molecule has 10 nitrogen and oxygen atoms in total. The van der Waals surface area contributed by atoms with Gasteiger partial charge in [0.15, 0.2) is 6.10 Å². The van der Waals surface area contributed by atoms with Crippen LogP contribution in [0.1, 0.15) is 123 Å². The van der Waals surface area contributed by atoms with Crippen LogP contribution in [0.3, 0.4) is 0 Å². The lowest BCUT2D eigenvalue weighted by atomic mass is 10.1. The van der Waals surface area contributed by atoms with E-state index in [1.807, 2.05) is 39.4 Å². The molecule has 324 valence electrons. The van der Waals surface area contributed by atoms with Crippen molar-refractivity contribution in [2.24, 2.45) is 0 Å². The van der Waals surface area contributed by atoms with Gasteiger partial charge in [0, 0.05) is 12.8 Å². The quantitative estimate of drug-likeness (QED) is 0.0159. The van der Waals surface area contributed by atoms with E-state index < -0.39 is 38.6 Å². The minimum absolute atomic E-state index is 0.000821. The van der Waals surface area contributed by atoms with Gasteiger partial charge in [-0.05, 0) is 70.6 Å². The van der Waals surface area contributed by atoms with E-state index in [1.54, 1.807) is 6.08 Å². The molecule has 0 aliphatic carbocycles. The van der Waals surface area contributed by atoms with E-state index >= 15 is 0 Å². The van der Waals surface area contributed by atoms with E-state index in [0.717, 1.165) is 70.6 Å². The van der Waals surface area contributed by atoms with Gasteiger partial charge in [-0.3, -0.25) is 18.6 Å². The maximum absolute atomic E-state index is 12.7. The number of unbranched alkanes of at least 4 members (excludes halogenated alkanes) is 5. The SMILES string of the molecule is CC/C=C\C/C=C\C/C=C\C/C=C\C/C=C\CCCC(=O)O[C@H](COC(=O)CCCCCCCC(O)/C=C/C=C/C/C=C/CC)COP(=O)(O)OCC[N+](C)(C)C. The Labute approximate surface area is 346 Å². The number of hydrogen-bond acceptors (Lipinski definition) is 8. The molecule has 0 fully saturated rings. The molecule has 11 heteroatoms. The van der Waals surface area contributed by atoms with Crippen LogP contribution in [0.2, 0.25) is 0 Å². The summed E-state index contributed by atoms with van der Waals surface area (Å²) in [6.07, 6.45) is 44.9. The van der Waals surface area contributed by atoms with Crippen LogP contribution < -0.4 is 0 Å². The minimum atomic E-state index is -4.42. The van der Waals surface area contributed by atoms with E-state index in [0.29, 0.717) is 36.7 Å². The first-order valence-corrected chi connectivity index (χ1v) is 22.6. The number of aliphatic hydroxyl groups excluding tert-OH is 1. The molecule has 0 aliphatic heterocycles. The smallest absolute Gasteiger partial charge is 0.462 e. The highest BCUT2D eigenvalue weighted by atomic mass is 31.2. The third kappa shape index (κ3) is 40.9. The zero-order chi connectivity index (χ0) is 42.3. The van der Waals surface area contributed by atoms with Gasteiger partial charge in [0.05, 0.1) is 33.9 Å². The lowest BCUT2D eigenvalue weighted by molar-refractivity contribution is -0.870. The average Bonchev–Trinajstić information content (AvgIpc) is 3.15. The normalized spacial score (nSPS) is 15.1. The summed E-state index contributed by atoms with van der Waals surface area (Å²) in [5, 5.41) is 10.1. The van der Waals surface area contributed by atoms with Gasteiger partial charge in [-0.1, -0.05) is 137 Å². The van der Waals surface area contributed by atoms with Crippen molar-refractivity contribution < 1.29 is 47.2 Å². The minimum Gasteiger partial charge on any atom is -0.462 e. The van der Waals surface area contributed by atoms with Gasteiger partial charge in [0.2, 0.25) is 0 Å². The van der Waals surface area contributed by atoms with Crippen LogP contribution in [0.5, 0.6) is 0 Å². The summed E-state index contributed by atoms with van der Waals surface area (Å²) in [5.74, 6) is -0.956. The number of likely N-dealkylation sites (N-methyl/N-ethyl adjacent to an activating group) is 1. The largest absolute Gasteiger partial charge is 0.472 e. The first-order chi connectivity index (χ1) is 27.4. The van der Waals surface area contributed by atoms with Gasteiger partial charge >= 0.3 is 19.8 Å². The fraction of sp³-hybridized carbons (Fsp3) is 0.609. The molecule has 3 atom stereocenters. The second-order valence-electron chi connectivity index (χ2n) is 14.8. The summed E-state index contributed by atoms with van der Waals surface area (Å²) in [6.45, 7) is 3.96. The van der Waals surface area contributed by atoms with Crippen LogP contribution in [0.25, 0.3) is 0 Å². The molecule has 0 aromatic rings. The number of nitrogens with zero attached hydrogens (tertiary/aromatic N) is 1. The highest BCUT2D eigenvalue weighted by Crippen LogP contribution is 2.43. The van der Waals surface area contributed by atoms with Crippen molar-refractivity contribution in [1.29, 1.82) is 0 Å². The van der Waals surface area contributed by atoms with Crippen molar-refractivity contribution in [2.75, 3.05) is 47.5 Å². The van der Waals surface area contributed by atoms with Gasteiger partial charge < -0.3 is 24.0 Å². The third-order valence-corrected chi connectivity index (χ3v) is 9.20. The lowest BCUT2D eigenvalue weighted by Crippen LogP contribution is -2.37. The van der Waals surface area contributed by atoms with E-state index in [2.05, 4.69) is 86.8 Å². The van der Waals surface area contributed by atoms with Crippen molar-refractivity contribution >= 4 is 19.8 Å². The first-order valence-electron chi connectivity index (χ1n) is 21.1. The molecule has 0 bridgehead atoms. The number of carbonyl (C=O) groups is 2. The number of phosphoric acid groups is 1. The van der Waals surface area contributed by atoms with E-state index in [1.165, 1.54) is 0 Å². The number of quaternary nitrogens is 1. The molecule has 57 heavy (non-hydrogen) atoms. The summed E-state index contributed by atoms with van der Waals surface area (Å²) >= 11 is 0. The Morgan fingerprint density at radius 1 is 0.632 bits per heavy atom. The summed E-state index contributed by atoms with van der Waals surface area (Å²) in [5.41, 5.74) is 0. The fourth-order valence-corrected chi connectivity index (χ4v) is 5.68. The monoisotopic (exact) mass is 819 g/mol. The standard InChI is InChI=1S/C46H76NO9P/c1-6-8-10-12-14-15-16-17-18-19-20-21-22-23-25-29-34-38-46(50)56-44(42-55-57(51,52)54-40-39-47(3,4)5)41-53-45(49)37-33-30-26-28-32-36-43(48)35-31-27-24-13-11-9-7-2/h8-11,14-15,17-18,20-21,23-25,27,31,35,43-44,48H,6-7,12-13,16,19,22,26,28-30,32-34,36-42H2,1-5H3/p+1/b10-8-,11-9+,15-14-,18-17-,21-20-,25-23-,27-24+,35-31+/t43?,44-/m1/s1. The molecule has 2 unspecified atom stereocenters. The van der Waals surface area contributed by atoms with Crippen molar-refractivity contribution in [1.82, 2.24) is 0 Å². The van der Waals surface area contributed by atoms with Crippen LogP contribution in [-0.4, -0.2) is 86.1 Å². The molecule has 0 amide bonds. The molecule has 0 radical (unpaired) electrons. The predicted octanol–water partition coefficient (Wildman–Crippen LogP) is 10.8. The van der Waals surface area contributed by atoms with Gasteiger partial charge in [0.1, 0.15) is 19.8 Å². The summed E-state index contributed by atoms with van der Waals surface area (Å²) in [4.78, 5) is 35.3. The third-order valence-electron chi connectivity index (χ3n) is 8.21. The Kier molecular flexibility index (Phi) is 35.2. The maximum Gasteiger partial charge on any atom is 0.472 e. The molecular weight excluding hydrogens is 741 g/mol. The second-order valence-corrected chi connectivity index (χ2v) is 16.3. The molecule has 0 saturated carbocycles. The second kappa shape index (κ2) is 37.2. The molecule has 0 spiro atoms. The topological polar surface area (TPSA) is 129 Å². The van der Waals surface area contributed by atoms with Crippen LogP contribution in [0.4, 0.5) is 0 Å². The Bertz CT molecular complexity index is 1310. The van der Waals surface area contributed by atoms with Crippen molar-refractivity contribution in [3.8, 4) is 0 Å². The van der Waals surface area contributed by atoms with Gasteiger partial charge in [-0.25, -0.2) is 4.57 Å². The molecule has 0 heterocycles. The van der Waals surface area contributed by atoms with Crippen LogP contribution in [0.15, 0.2) is 97.2 Å². The van der Waals surface area contributed by atoms with Crippen molar-refractivity contribution in [3.05, 3.63) is 97.2 Å². The Morgan fingerprint density at radius 2 is 1.16 bits per heavy atom. The number of aliphatic hydroxyl groups is 1. The molecule has 0 rings (SSSR count). The Balaban J connectivity index is 4.60. The zero-order valence-corrected chi connectivity index (χ0v) is 36.8. The summed E-state index contributed by atoms with van der Waals surface area (Å²) in [6, 6.07) is 0. The maximum atomic E-state index is 12.7. The van der Waals surface area contributed by atoms with Gasteiger partial charge in [-0.2, -0.15) is 0 Å². The van der Waals surface area contributed by atoms with Gasteiger partial charge in [-0.15, -0.1) is 0 Å². The van der Waals surface area contributed by atoms with Crippen LogP contribution in [-0.2, 0) is 32.7 Å². The van der Waals surface area contributed by atoms with Crippen LogP contribution in [0, 0.1) is 0 Å². The Hall–Kier alpha value is -3.11. The van der Waals surface area contributed by atoms with E-state index in [-0.39, 0.29) is 26.1 Å². The summed E-state index contributed by atoms with van der Waals surface area (Å²) in [7, 11) is 1.36. The molecular formula is C46H77NO9P+. The van der Waals surface area contributed by atoms with E-state index in [9.17, 15) is 24.2 Å². The predicted molar refractivity (Wildman–Crippen MR) is 234 cm³/mol. The van der Waals surface area contributed by atoms with Crippen molar-refractivity contribution in [3.63, 3.8) is 0 Å². The van der Waals surface area contributed by atoms with Crippen LogP contribution >= 0.6 is 7.82 Å². The molecule has 0 aliphatic rings. The van der Waals surface area contributed by atoms with Crippen molar-refractivity contribution in [2.45, 2.75) is 135 Å². The molecule has 2 N–H and O–H groups in total. The molecule has 0 saturated heterocycles. The first kappa shape index (κ1) is 53.9. The number of ether oxygens (including phenoxy) is 2. The Morgan fingerprint density at radius 3 is 1.75 bits per heavy atom. The zero-order valence-electron chi connectivity index (χ0n) is 35.9. The average molecular weight is 819 g/mol. The highest BCUT2D eigenvalue weighted by molar-refractivity contribution is 7.47. The number of rotatable bonds is 36. The fourth-order valence-electron chi connectivity index (χ4n) is 4.94. The lowest BCUT2D eigenvalue weighted by Gasteiger charge is -2.24. The van der Waals surface area contributed by atoms with E-state index in [4.69, 9.17) is 18.5 Å². The number of carbonyl (C=O) groups excluding carboxylic acids is 2. The molecule has 0 aromatic carbocycles. The number of phosphoric ester groups is 1. The summed E-state index contributed by atoms with van der Waals surface area (Å²) < 4.78 is 34.1. The number of esters is 2. The number of hydrogen-bond donors (Lipinski definition) is 2. The molecule has 0 aromatic heterocycles. The number of allylic oxidation sites excluding steroid dienone is 15. The van der Waals surface area contributed by atoms with Gasteiger partial charge in [0.25, 0.3) is 0 Å². The highest BCUT2D eigenvalue weighted by Gasteiger charge is 2.27.